The number of likely N-dealkylation sites (N-methyl/N-ethyl adjacent to an activating group) is 1. The summed E-state index contributed by atoms with van der Waals surface area (Å²) < 4.78 is 44.9. The van der Waals surface area contributed by atoms with Gasteiger partial charge in [-0.1, -0.05) is 18.2 Å². The standard InChI is InChI=1S/C14H14F3N3O/c1-18-13-9-4-2-3-5-11(9)21-8-10(13)20-7-6-12(19-20)14(15,16)17/h2-7,10,13,18H,8H2,1H3. The lowest BCUT2D eigenvalue weighted by Crippen LogP contribution is -2.36. The zero-order chi connectivity index (χ0) is 15.0. The molecule has 112 valence electrons. The quantitative estimate of drug-likeness (QED) is 0.926. The topological polar surface area (TPSA) is 39.1 Å². The molecule has 1 aromatic carbocycles. The van der Waals surface area contributed by atoms with E-state index in [4.69, 9.17) is 4.74 Å². The van der Waals surface area contributed by atoms with Crippen LogP contribution in [0.25, 0.3) is 0 Å². The van der Waals surface area contributed by atoms with E-state index >= 15 is 0 Å². The minimum atomic E-state index is -4.44. The van der Waals surface area contributed by atoms with Gasteiger partial charge in [0.2, 0.25) is 0 Å². The fourth-order valence-corrected chi connectivity index (χ4v) is 2.60. The summed E-state index contributed by atoms with van der Waals surface area (Å²) in [6.07, 6.45) is -3.09. The van der Waals surface area contributed by atoms with E-state index in [2.05, 4.69) is 10.4 Å². The number of nitrogens with one attached hydrogen (secondary N) is 1. The van der Waals surface area contributed by atoms with Gasteiger partial charge in [-0.2, -0.15) is 18.3 Å². The lowest BCUT2D eigenvalue weighted by Gasteiger charge is -2.33. The summed E-state index contributed by atoms with van der Waals surface area (Å²) in [7, 11) is 1.77. The first-order valence-corrected chi connectivity index (χ1v) is 6.52. The number of ether oxygens (including phenoxy) is 1. The Hall–Kier alpha value is -2.02. The first kappa shape index (κ1) is 13.9. The van der Waals surface area contributed by atoms with Crippen LogP contribution in [-0.2, 0) is 6.18 Å². The molecule has 21 heavy (non-hydrogen) atoms. The fourth-order valence-electron chi connectivity index (χ4n) is 2.60. The Morgan fingerprint density at radius 2 is 2.05 bits per heavy atom. The molecule has 0 spiro atoms. The van der Waals surface area contributed by atoms with Crippen LogP contribution in [0, 0.1) is 0 Å². The van der Waals surface area contributed by atoms with Gasteiger partial charge in [0, 0.05) is 11.8 Å². The van der Waals surface area contributed by atoms with E-state index in [1.807, 2.05) is 24.3 Å². The lowest BCUT2D eigenvalue weighted by atomic mass is 9.96. The van der Waals surface area contributed by atoms with Crippen molar-refractivity contribution in [2.75, 3.05) is 13.7 Å². The van der Waals surface area contributed by atoms with Crippen molar-refractivity contribution < 1.29 is 17.9 Å². The van der Waals surface area contributed by atoms with Gasteiger partial charge in [-0.3, -0.25) is 4.68 Å². The third-order valence-corrected chi connectivity index (χ3v) is 3.60. The Balaban J connectivity index is 1.94. The smallest absolute Gasteiger partial charge is 0.435 e. The largest absolute Gasteiger partial charge is 0.491 e. The zero-order valence-electron chi connectivity index (χ0n) is 11.3. The number of benzene rings is 1. The number of fused-ring (bicyclic) bond motifs is 1. The highest BCUT2D eigenvalue weighted by Crippen LogP contribution is 2.38. The van der Waals surface area contributed by atoms with Gasteiger partial charge in [-0.05, 0) is 19.2 Å². The van der Waals surface area contributed by atoms with Gasteiger partial charge in [0.15, 0.2) is 5.69 Å². The molecule has 1 aliphatic heterocycles. The van der Waals surface area contributed by atoms with E-state index in [-0.39, 0.29) is 18.7 Å². The maximum absolute atomic E-state index is 12.7. The molecule has 0 radical (unpaired) electrons. The predicted molar refractivity (Wildman–Crippen MR) is 70.0 cm³/mol. The van der Waals surface area contributed by atoms with Crippen LogP contribution in [0.1, 0.15) is 23.3 Å². The molecule has 0 saturated heterocycles. The van der Waals surface area contributed by atoms with Crippen LogP contribution in [0.5, 0.6) is 5.75 Å². The minimum absolute atomic E-state index is 0.157. The normalized spacial score (nSPS) is 21.7. The van der Waals surface area contributed by atoms with E-state index in [1.165, 1.54) is 10.9 Å². The highest BCUT2D eigenvalue weighted by Gasteiger charge is 2.36. The van der Waals surface area contributed by atoms with E-state index in [1.54, 1.807) is 7.05 Å². The van der Waals surface area contributed by atoms with E-state index < -0.39 is 11.9 Å². The first-order valence-electron chi connectivity index (χ1n) is 6.52. The molecule has 0 fully saturated rings. The van der Waals surface area contributed by atoms with Crippen molar-refractivity contribution in [1.82, 2.24) is 15.1 Å². The van der Waals surface area contributed by atoms with Crippen LogP contribution < -0.4 is 10.1 Å². The summed E-state index contributed by atoms with van der Waals surface area (Å²) in [5, 5.41) is 6.78. The molecule has 0 saturated carbocycles. The predicted octanol–water partition coefficient (Wildman–Crippen LogP) is 2.80. The summed E-state index contributed by atoms with van der Waals surface area (Å²) in [4.78, 5) is 0. The van der Waals surface area contributed by atoms with Crippen LogP contribution in [0.3, 0.4) is 0 Å². The molecule has 7 heteroatoms. The number of nitrogens with zero attached hydrogens (tertiary/aromatic N) is 2. The molecule has 0 amide bonds. The highest BCUT2D eigenvalue weighted by molar-refractivity contribution is 5.38. The van der Waals surface area contributed by atoms with Gasteiger partial charge in [-0.15, -0.1) is 0 Å². The second-order valence-corrected chi connectivity index (χ2v) is 4.86. The summed E-state index contributed by atoms with van der Waals surface area (Å²) in [6, 6.07) is 7.97. The average molecular weight is 297 g/mol. The third-order valence-electron chi connectivity index (χ3n) is 3.60. The first-order chi connectivity index (χ1) is 10.0. The molecule has 1 N–H and O–H groups in total. The van der Waals surface area contributed by atoms with Crippen molar-refractivity contribution in [2.24, 2.45) is 0 Å². The maximum Gasteiger partial charge on any atom is 0.435 e. The molecular weight excluding hydrogens is 283 g/mol. The molecule has 4 nitrogen and oxygen atoms in total. The van der Waals surface area contributed by atoms with E-state index in [9.17, 15) is 13.2 Å². The molecule has 2 unspecified atom stereocenters. The Morgan fingerprint density at radius 1 is 1.29 bits per heavy atom. The van der Waals surface area contributed by atoms with Crippen LogP contribution in [0.15, 0.2) is 36.5 Å². The second-order valence-electron chi connectivity index (χ2n) is 4.86. The van der Waals surface area contributed by atoms with Gasteiger partial charge in [0.1, 0.15) is 18.4 Å². The van der Waals surface area contributed by atoms with Crippen molar-refractivity contribution >= 4 is 0 Å². The molecule has 1 aromatic heterocycles. The van der Waals surface area contributed by atoms with Crippen LogP contribution >= 0.6 is 0 Å². The molecule has 2 heterocycles. The fraction of sp³-hybridized carbons (Fsp3) is 0.357. The third kappa shape index (κ3) is 2.49. The molecule has 1 aliphatic rings. The summed E-state index contributed by atoms with van der Waals surface area (Å²) >= 11 is 0. The number of halogens is 3. The second kappa shape index (κ2) is 5.07. The van der Waals surface area contributed by atoms with Crippen molar-refractivity contribution in [3.8, 4) is 5.75 Å². The van der Waals surface area contributed by atoms with E-state index in [0.717, 1.165) is 17.4 Å². The van der Waals surface area contributed by atoms with Gasteiger partial charge in [0.25, 0.3) is 0 Å². The van der Waals surface area contributed by atoms with E-state index in [0.29, 0.717) is 0 Å². The Bertz CT molecular complexity index is 638. The molecule has 0 aliphatic carbocycles. The number of alkyl halides is 3. The maximum atomic E-state index is 12.7. The monoisotopic (exact) mass is 297 g/mol. The van der Waals surface area contributed by atoms with Crippen LogP contribution in [0.4, 0.5) is 13.2 Å². The average Bonchev–Trinajstić information content (AvgIpc) is 2.95. The number of para-hydroxylation sites is 1. The van der Waals surface area contributed by atoms with Gasteiger partial charge < -0.3 is 10.1 Å². The van der Waals surface area contributed by atoms with Gasteiger partial charge in [0.05, 0.1) is 6.04 Å². The summed E-state index contributed by atoms with van der Waals surface area (Å²) in [5.74, 6) is 0.747. The van der Waals surface area contributed by atoms with Gasteiger partial charge in [-0.25, -0.2) is 0 Å². The molecular formula is C14H14F3N3O. The summed E-state index contributed by atoms with van der Waals surface area (Å²) in [6.45, 7) is 0.265. The highest BCUT2D eigenvalue weighted by atomic mass is 19.4. The molecule has 2 atom stereocenters. The molecule has 3 rings (SSSR count). The molecule has 2 aromatic rings. The number of hydrogen-bond acceptors (Lipinski definition) is 3. The van der Waals surface area contributed by atoms with Crippen molar-refractivity contribution in [3.63, 3.8) is 0 Å². The van der Waals surface area contributed by atoms with Crippen molar-refractivity contribution in [2.45, 2.75) is 18.3 Å². The summed E-state index contributed by atoms with van der Waals surface area (Å²) in [5.41, 5.74) is 0.0246. The van der Waals surface area contributed by atoms with Crippen molar-refractivity contribution in [3.05, 3.63) is 47.8 Å². The SMILES string of the molecule is CNC1c2ccccc2OCC1n1ccc(C(F)(F)F)n1. The molecule has 0 bridgehead atoms. The Labute approximate surface area is 119 Å². The number of rotatable bonds is 2. The van der Waals surface area contributed by atoms with Crippen LogP contribution in [0.2, 0.25) is 0 Å². The number of hydrogen-bond donors (Lipinski definition) is 1. The Kier molecular flexibility index (Phi) is 3.36. The lowest BCUT2D eigenvalue weighted by molar-refractivity contribution is -0.141. The van der Waals surface area contributed by atoms with Crippen molar-refractivity contribution in [1.29, 1.82) is 0 Å². The van der Waals surface area contributed by atoms with Gasteiger partial charge >= 0.3 is 6.18 Å². The minimum Gasteiger partial charge on any atom is -0.491 e. The number of aromatic nitrogens is 2. The zero-order valence-corrected chi connectivity index (χ0v) is 11.3. The van der Waals surface area contributed by atoms with Crippen LogP contribution in [-0.4, -0.2) is 23.4 Å². The Morgan fingerprint density at radius 3 is 2.71 bits per heavy atom.